The third-order valence-corrected chi connectivity index (χ3v) is 4.44. The number of nitrogens with one attached hydrogen (secondary N) is 1. The maximum atomic E-state index is 12.1. The van der Waals surface area contributed by atoms with Crippen molar-refractivity contribution in [2.75, 3.05) is 17.7 Å². The lowest BCUT2D eigenvalue weighted by molar-refractivity contribution is -0.115. The van der Waals surface area contributed by atoms with Crippen molar-refractivity contribution in [1.29, 1.82) is 0 Å². The minimum atomic E-state index is -0.288. The van der Waals surface area contributed by atoms with E-state index in [1.807, 2.05) is 38.1 Å². The molecule has 0 spiro atoms. The van der Waals surface area contributed by atoms with E-state index >= 15 is 0 Å². The van der Waals surface area contributed by atoms with Gasteiger partial charge >= 0.3 is 0 Å². The Labute approximate surface area is 131 Å². The Morgan fingerprint density at radius 2 is 2.14 bits per heavy atom. The number of aromatic nitrogens is 2. The number of anilines is 2. The van der Waals surface area contributed by atoms with E-state index in [2.05, 4.69) is 15.5 Å². The monoisotopic (exact) mass is 324 g/mol. The summed E-state index contributed by atoms with van der Waals surface area (Å²) in [7, 11) is 0. The fourth-order valence-electron chi connectivity index (χ4n) is 1.52. The molecule has 21 heavy (non-hydrogen) atoms. The van der Waals surface area contributed by atoms with Gasteiger partial charge in [0.1, 0.15) is 5.75 Å². The van der Waals surface area contributed by atoms with Gasteiger partial charge in [-0.15, -0.1) is 10.2 Å². The van der Waals surface area contributed by atoms with E-state index in [9.17, 15) is 4.79 Å². The normalized spacial score (nSPS) is 11.9. The first-order valence-electron chi connectivity index (χ1n) is 6.38. The van der Waals surface area contributed by atoms with Crippen LogP contribution in [0, 0.1) is 0 Å². The zero-order valence-corrected chi connectivity index (χ0v) is 13.3. The van der Waals surface area contributed by atoms with E-state index in [1.165, 1.54) is 23.1 Å². The molecule has 1 heterocycles. The molecule has 3 N–H and O–H groups in total. The smallest absolute Gasteiger partial charge is 0.237 e. The molecule has 2 aromatic rings. The summed E-state index contributed by atoms with van der Waals surface area (Å²) in [6.45, 7) is 4.35. The molecule has 0 aliphatic carbocycles. The van der Waals surface area contributed by atoms with E-state index in [0.29, 0.717) is 16.1 Å². The van der Waals surface area contributed by atoms with E-state index in [-0.39, 0.29) is 11.2 Å². The minimum Gasteiger partial charge on any atom is -0.494 e. The van der Waals surface area contributed by atoms with Gasteiger partial charge in [-0.05, 0) is 38.1 Å². The lowest BCUT2D eigenvalue weighted by Gasteiger charge is -2.10. The molecule has 0 saturated heterocycles. The molecule has 1 amide bonds. The molecule has 0 fully saturated rings. The summed E-state index contributed by atoms with van der Waals surface area (Å²) >= 11 is 2.60. The highest BCUT2D eigenvalue weighted by molar-refractivity contribution is 8.02. The van der Waals surface area contributed by atoms with Crippen LogP contribution in [0.3, 0.4) is 0 Å². The quantitative estimate of drug-likeness (QED) is 0.794. The van der Waals surface area contributed by atoms with Crippen molar-refractivity contribution in [3.05, 3.63) is 24.3 Å². The van der Waals surface area contributed by atoms with Gasteiger partial charge < -0.3 is 15.8 Å². The number of thioether (sulfide) groups is 1. The van der Waals surface area contributed by atoms with Crippen LogP contribution in [0.15, 0.2) is 28.6 Å². The van der Waals surface area contributed by atoms with Crippen LogP contribution in [0.1, 0.15) is 13.8 Å². The number of amides is 1. The van der Waals surface area contributed by atoms with Crippen molar-refractivity contribution >= 4 is 39.8 Å². The van der Waals surface area contributed by atoms with Crippen LogP contribution in [-0.2, 0) is 4.79 Å². The van der Waals surface area contributed by atoms with Crippen LogP contribution in [0.2, 0.25) is 0 Å². The second kappa shape index (κ2) is 7.28. The first-order valence-corrected chi connectivity index (χ1v) is 8.07. The van der Waals surface area contributed by atoms with Gasteiger partial charge in [0.25, 0.3) is 0 Å². The van der Waals surface area contributed by atoms with Gasteiger partial charge in [0.2, 0.25) is 11.0 Å². The summed E-state index contributed by atoms with van der Waals surface area (Å²) in [6.07, 6.45) is 0. The van der Waals surface area contributed by atoms with E-state index < -0.39 is 0 Å². The van der Waals surface area contributed by atoms with Crippen LogP contribution in [0.4, 0.5) is 10.8 Å². The van der Waals surface area contributed by atoms with Gasteiger partial charge in [0.15, 0.2) is 4.34 Å². The molecular formula is C13H16N4O2S2. The van der Waals surface area contributed by atoms with Crippen LogP contribution in [0.25, 0.3) is 0 Å². The number of rotatable bonds is 6. The summed E-state index contributed by atoms with van der Waals surface area (Å²) in [5.74, 6) is 0.681. The SMILES string of the molecule is CCOc1ccc(NC(=O)C(C)Sc2nnc(N)s2)cc1. The number of nitrogens with zero attached hydrogens (tertiary/aromatic N) is 2. The number of hydrogen-bond acceptors (Lipinski definition) is 7. The Balaban J connectivity index is 1.90. The Hall–Kier alpha value is -1.80. The molecule has 1 aromatic carbocycles. The van der Waals surface area contributed by atoms with Crippen LogP contribution < -0.4 is 15.8 Å². The maximum absolute atomic E-state index is 12.1. The van der Waals surface area contributed by atoms with Crippen molar-refractivity contribution in [3.63, 3.8) is 0 Å². The number of hydrogen-bond donors (Lipinski definition) is 2. The Morgan fingerprint density at radius 1 is 1.43 bits per heavy atom. The highest BCUT2D eigenvalue weighted by Crippen LogP contribution is 2.28. The molecule has 0 radical (unpaired) electrons. The second-order valence-electron chi connectivity index (χ2n) is 4.11. The number of nitrogens with two attached hydrogens (primary N) is 1. The fourth-order valence-corrected chi connectivity index (χ4v) is 3.30. The van der Waals surface area contributed by atoms with Crippen molar-refractivity contribution < 1.29 is 9.53 Å². The highest BCUT2D eigenvalue weighted by atomic mass is 32.2. The number of benzene rings is 1. The zero-order chi connectivity index (χ0) is 15.2. The first-order chi connectivity index (χ1) is 10.1. The molecule has 1 aromatic heterocycles. The number of carbonyl (C=O) groups excluding carboxylic acids is 1. The predicted octanol–water partition coefficient (Wildman–Crippen LogP) is 2.64. The summed E-state index contributed by atoms with van der Waals surface area (Å²) in [6, 6.07) is 7.26. The van der Waals surface area contributed by atoms with Crippen LogP contribution in [0.5, 0.6) is 5.75 Å². The molecule has 8 heteroatoms. The summed E-state index contributed by atoms with van der Waals surface area (Å²) in [5.41, 5.74) is 6.24. The topological polar surface area (TPSA) is 90.1 Å². The summed E-state index contributed by atoms with van der Waals surface area (Å²) in [5, 5.41) is 10.6. The third kappa shape index (κ3) is 4.61. The van der Waals surface area contributed by atoms with Gasteiger partial charge in [0, 0.05) is 5.69 Å². The lowest BCUT2D eigenvalue weighted by Crippen LogP contribution is -2.22. The average Bonchev–Trinajstić information content (AvgIpc) is 2.86. The molecule has 0 aliphatic rings. The fraction of sp³-hybridized carbons (Fsp3) is 0.308. The van der Waals surface area contributed by atoms with Crippen molar-refractivity contribution in [2.24, 2.45) is 0 Å². The number of carbonyl (C=O) groups is 1. The molecule has 112 valence electrons. The van der Waals surface area contributed by atoms with Gasteiger partial charge in [-0.1, -0.05) is 23.1 Å². The van der Waals surface area contributed by atoms with Gasteiger partial charge in [0.05, 0.1) is 11.9 Å². The summed E-state index contributed by atoms with van der Waals surface area (Å²) < 4.78 is 6.03. The van der Waals surface area contributed by atoms with Crippen molar-refractivity contribution in [2.45, 2.75) is 23.4 Å². The average molecular weight is 324 g/mol. The molecule has 2 rings (SSSR count). The molecule has 0 saturated carbocycles. The van der Waals surface area contributed by atoms with Gasteiger partial charge in [-0.25, -0.2) is 0 Å². The molecule has 1 unspecified atom stereocenters. The zero-order valence-electron chi connectivity index (χ0n) is 11.7. The molecule has 1 atom stereocenters. The Morgan fingerprint density at radius 3 is 2.71 bits per heavy atom. The molecule has 0 aliphatic heterocycles. The van der Waals surface area contributed by atoms with Crippen LogP contribution in [-0.4, -0.2) is 28.0 Å². The minimum absolute atomic E-state index is 0.0991. The lowest BCUT2D eigenvalue weighted by atomic mass is 10.3. The molecular weight excluding hydrogens is 308 g/mol. The molecule has 0 bridgehead atoms. The number of nitrogen functional groups attached to an aromatic ring is 1. The second-order valence-corrected chi connectivity index (χ2v) is 6.71. The molecule has 6 nitrogen and oxygen atoms in total. The third-order valence-electron chi connectivity index (χ3n) is 2.50. The van der Waals surface area contributed by atoms with Crippen LogP contribution >= 0.6 is 23.1 Å². The largest absolute Gasteiger partial charge is 0.494 e. The van der Waals surface area contributed by atoms with E-state index in [1.54, 1.807) is 0 Å². The van der Waals surface area contributed by atoms with Gasteiger partial charge in [-0.2, -0.15) is 0 Å². The van der Waals surface area contributed by atoms with E-state index in [0.717, 1.165) is 11.4 Å². The van der Waals surface area contributed by atoms with Crippen molar-refractivity contribution in [1.82, 2.24) is 10.2 Å². The van der Waals surface area contributed by atoms with E-state index in [4.69, 9.17) is 10.5 Å². The Kier molecular flexibility index (Phi) is 5.40. The van der Waals surface area contributed by atoms with Gasteiger partial charge in [-0.3, -0.25) is 4.79 Å². The summed E-state index contributed by atoms with van der Waals surface area (Å²) in [4.78, 5) is 12.1. The van der Waals surface area contributed by atoms with Crippen molar-refractivity contribution in [3.8, 4) is 5.75 Å². The maximum Gasteiger partial charge on any atom is 0.237 e. The predicted molar refractivity (Wildman–Crippen MR) is 85.9 cm³/mol. The highest BCUT2D eigenvalue weighted by Gasteiger charge is 2.17. The Bertz CT molecular complexity index is 600. The standard InChI is InChI=1S/C13H16N4O2S2/c1-3-19-10-6-4-9(5-7-10)15-11(18)8(2)20-13-17-16-12(14)21-13/h4-8H,3H2,1-2H3,(H2,14,16)(H,15,18). The first kappa shape index (κ1) is 15.6. The number of ether oxygens (including phenoxy) is 1.